The first-order chi connectivity index (χ1) is 13.8. The van der Waals surface area contributed by atoms with Gasteiger partial charge in [-0.1, -0.05) is 78.0 Å². The lowest BCUT2D eigenvalue weighted by Gasteiger charge is -2.04. The molecule has 0 spiro atoms. The van der Waals surface area contributed by atoms with Gasteiger partial charge in [-0.15, -0.1) is 10.2 Å². The Kier molecular flexibility index (Phi) is 4.55. The number of para-hydroxylation sites is 2. The van der Waals surface area contributed by atoms with E-state index < -0.39 is 0 Å². The van der Waals surface area contributed by atoms with Crippen LogP contribution in [0.2, 0.25) is 5.02 Å². The van der Waals surface area contributed by atoms with Gasteiger partial charge < -0.3 is 4.57 Å². The van der Waals surface area contributed by atoms with Crippen molar-refractivity contribution in [2.24, 2.45) is 0 Å². The van der Waals surface area contributed by atoms with Gasteiger partial charge in [-0.05, 0) is 35.4 Å². The van der Waals surface area contributed by atoms with Crippen molar-refractivity contribution >= 4 is 40.2 Å². The summed E-state index contributed by atoms with van der Waals surface area (Å²) in [5.41, 5.74) is 4.73. The highest BCUT2D eigenvalue weighted by Gasteiger charge is 2.17. The third-order valence-corrected chi connectivity index (χ3v) is 5.99. The fourth-order valence-electron chi connectivity index (χ4n) is 3.38. The van der Waals surface area contributed by atoms with E-state index in [2.05, 4.69) is 67.7 Å². The zero-order valence-electron chi connectivity index (χ0n) is 15.0. The molecule has 2 heterocycles. The second kappa shape index (κ2) is 7.34. The molecule has 0 aliphatic carbocycles. The Morgan fingerprint density at radius 2 is 1.46 bits per heavy atom. The van der Waals surface area contributed by atoms with Crippen molar-refractivity contribution in [3.63, 3.8) is 0 Å². The van der Waals surface area contributed by atoms with Crippen LogP contribution in [0.15, 0.2) is 84.0 Å². The van der Waals surface area contributed by atoms with Crippen molar-refractivity contribution in [3.8, 4) is 0 Å². The molecule has 4 nitrogen and oxygen atoms in total. The van der Waals surface area contributed by atoms with Gasteiger partial charge in [0.2, 0.25) is 5.78 Å². The molecule has 2 aromatic heterocycles. The summed E-state index contributed by atoms with van der Waals surface area (Å²) >= 11 is 7.67. The van der Waals surface area contributed by atoms with Crippen LogP contribution < -0.4 is 0 Å². The molecule has 28 heavy (non-hydrogen) atoms. The molecule has 0 saturated heterocycles. The number of hydrogen-bond donors (Lipinski definition) is 0. The molecule has 0 radical (unpaired) electrons. The van der Waals surface area contributed by atoms with Crippen LogP contribution in [0.5, 0.6) is 0 Å². The summed E-state index contributed by atoms with van der Waals surface area (Å²) in [4.78, 5) is 0. The number of benzene rings is 3. The average molecular weight is 405 g/mol. The average Bonchev–Trinajstić information content (AvgIpc) is 3.28. The van der Waals surface area contributed by atoms with Gasteiger partial charge in [0.05, 0.1) is 17.6 Å². The SMILES string of the molecule is Clc1ccc(CSc2nnc3n(Cc4ccccc4)c4ccccc4n23)cc1. The van der Waals surface area contributed by atoms with Crippen LogP contribution in [0.25, 0.3) is 16.8 Å². The molecule has 0 atom stereocenters. The molecule has 6 heteroatoms. The molecule has 0 unspecified atom stereocenters. The quantitative estimate of drug-likeness (QED) is 0.353. The lowest BCUT2D eigenvalue weighted by molar-refractivity contribution is 0.839. The molecule has 138 valence electrons. The summed E-state index contributed by atoms with van der Waals surface area (Å²) in [5.74, 6) is 1.68. The van der Waals surface area contributed by atoms with Crippen molar-refractivity contribution in [3.05, 3.63) is 95.0 Å². The van der Waals surface area contributed by atoms with E-state index in [1.54, 1.807) is 11.8 Å². The van der Waals surface area contributed by atoms with Crippen LogP contribution in [0, 0.1) is 0 Å². The monoisotopic (exact) mass is 404 g/mol. The standard InChI is InChI=1S/C22H17ClN4S/c23-18-12-10-17(11-13-18)15-28-22-25-24-21-26(14-16-6-2-1-3-7-16)19-8-4-5-9-20(19)27(21)22/h1-13H,14-15H2. The van der Waals surface area contributed by atoms with Gasteiger partial charge >= 0.3 is 0 Å². The molecule has 0 saturated carbocycles. The number of halogens is 1. The van der Waals surface area contributed by atoms with Gasteiger partial charge in [0.15, 0.2) is 5.16 Å². The zero-order chi connectivity index (χ0) is 18.9. The smallest absolute Gasteiger partial charge is 0.237 e. The third-order valence-electron chi connectivity index (χ3n) is 4.74. The minimum absolute atomic E-state index is 0.752. The van der Waals surface area contributed by atoms with Crippen LogP contribution in [-0.2, 0) is 12.3 Å². The lowest BCUT2D eigenvalue weighted by Crippen LogP contribution is -2.00. The van der Waals surface area contributed by atoms with Crippen molar-refractivity contribution in [1.29, 1.82) is 0 Å². The van der Waals surface area contributed by atoms with Crippen molar-refractivity contribution < 1.29 is 0 Å². The predicted octanol–water partition coefficient (Wildman–Crippen LogP) is 5.68. The molecular formula is C22H17ClN4S. The van der Waals surface area contributed by atoms with Gasteiger partial charge in [-0.2, -0.15) is 0 Å². The molecule has 5 rings (SSSR count). The highest BCUT2D eigenvalue weighted by Crippen LogP contribution is 2.28. The number of aromatic nitrogens is 4. The molecule has 5 aromatic rings. The molecule has 3 aromatic carbocycles. The Balaban J connectivity index is 1.55. The molecule has 0 bridgehead atoms. The van der Waals surface area contributed by atoms with Gasteiger partial charge in [0, 0.05) is 10.8 Å². The summed E-state index contributed by atoms with van der Waals surface area (Å²) in [6.07, 6.45) is 0. The molecule has 0 aliphatic heterocycles. The second-order valence-corrected chi connectivity index (χ2v) is 7.97. The zero-order valence-corrected chi connectivity index (χ0v) is 16.6. The highest BCUT2D eigenvalue weighted by atomic mass is 35.5. The maximum absolute atomic E-state index is 5.99. The van der Waals surface area contributed by atoms with Crippen LogP contribution in [0.4, 0.5) is 0 Å². The van der Waals surface area contributed by atoms with E-state index >= 15 is 0 Å². The molecule has 0 N–H and O–H groups in total. The van der Waals surface area contributed by atoms with Crippen LogP contribution in [-0.4, -0.2) is 19.2 Å². The molecule has 0 aliphatic rings. The fraction of sp³-hybridized carbons (Fsp3) is 0.0909. The summed E-state index contributed by atoms with van der Waals surface area (Å²) in [5, 5.41) is 10.6. The number of fused-ring (bicyclic) bond motifs is 3. The molecule has 0 fully saturated rings. The van der Waals surface area contributed by atoms with Crippen LogP contribution >= 0.6 is 23.4 Å². The number of nitrogens with zero attached hydrogens (tertiary/aromatic N) is 4. The maximum Gasteiger partial charge on any atom is 0.237 e. The van der Waals surface area contributed by atoms with Gasteiger partial charge in [0.25, 0.3) is 0 Å². The van der Waals surface area contributed by atoms with Crippen LogP contribution in [0.3, 0.4) is 0 Å². The van der Waals surface area contributed by atoms with E-state index in [0.29, 0.717) is 0 Å². The first-order valence-corrected chi connectivity index (χ1v) is 10.4. The maximum atomic E-state index is 5.99. The normalized spacial score (nSPS) is 11.5. The fourth-order valence-corrected chi connectivity index (χ4v) is 4.40. The summed E-state index contributed by atoms with van der Waals surface area (Å²) in [6, 6.07) is 26.8. The number of hydrogen-bond acceptors (Lipinski definition) is 3. The summed E-state index contributed by atoms with van der Waals surface area (Å²) < 4.78 is 4.38. The van der Waals surface area contributed by atoms with Crippen molar-refractivity contribution in [2.45, 2.75) is 17.5 Å². The van der Waals surface area contributed by atoms with E-state index in [9.17, 15) is 0 Å². The summed E-state index contributed by atoms with van der Waals surface area (Å²) in [6.45, 7) is 0.762. The van der Waals surface area contributed by atoms with E-state index in [4.69, 9.17) is 11.6 Å². The lowest BCUT2D eigenvalue weighted by atomic mass is 10.2. The number of rotatable bonds is 5. The van der Waals surface area contributed by atoms with Gasteiger partial charge in [-0.25, -0.2) is 0 Å². The minimum atomic E-state index is 0.752. The largest absolute Gasteiger partial charge is 0.304 e. The number of thioether (sulfide) groups is 1. The van der Waals surface area contributed by atoms with Gasteiger partial charge in [-0.3, -0.25) is 4.40 Å². The minimum Gasteiger partial charge on any atom is -0.304 e. The summed E-state index contributed by atoms with van der Waals surface area (Å²) in [7, 11) is 0. The Bertz CT molecular complexity index is 1240. The van der Waals surface area contributed by atoms with Crippen molar-refractivity contribution in [2.75, 3.05) is 0 Å². The van der Waals surface area contributed by atoms with E-state index in [0.717, 1.165) is 39.3 Å². The topological polar surface area (TPSA) is 35.1 Å². The predicted molar refractivity (Wildman–Crippen MR) is 115 cm³/mol. The molecular weight excluding hydrogens is 388 g/mol. The Morgan fingerprint density at radius 3 is 2.25 bits per heavy atom. The van der Waals surface area contributed by atoms with Crippen LogP contribution in [0.1, 0.15) is 11.1 Å². The highest BCUT2D eigenvalue weighted by molar-refractivity contribution is 7.98. The Labute approximate surface area is 171 Å². The first kappa shape index (κ1) is 17.3. The Morgan fingerprint density at radius 1 is 0.750 bits per heavy atom. The third kappa shape index (κ3) is 3.17. The van der Waals surface area contributed by atoms with Crippen molar-refractivity contribution in [1.82, 2.24) is 19.2 Å². The molecule has 0 amide bonds. The van der Waals surface area contributed by atoms with E-state index in [-0.39, 0.29) is 0 Å². The first-order valence-electron chi connectivity index (χ1n) is 9.03. The van der Waals surface area contributed by atoms with E-state index in [1.807, 2.05) is 30.3 Å². The van der Waals surface area contributed by atoms with E-state index in [1.165, 1.54) is 11.1 Å². The number of imidazole rings is 1. The second-order valence-electron chi connectivity index (χ2n) is 6.59. The van der Waals surface area contributed by atoms with Gasteiger partial charge in [0.1, 0.15) is 0 Å². The Hall–Kier alpha value is -2.76.